The quantitative estimate of drug-likeness (QED) is 0.549. The molecule has 0 unspecified atom stereocenters. The summed E-state index contributed by atoms with van der Waals surface area (Å²) in [5.41, 5.74) is 3.33. The Balaban J connectivity index is 2.13. The van der Waals surface area contributed by atoms with Crippen LogP contribution in [0.15, 0.2) is 36.5 Å². The number of alkyl halides is 1. The van der Waals surface area contributed by atoms with Gasteiger partial charge in [0.15, 0.2) is 0 Å². The van der Waals surface area contributed by atoms with E-state index in [-0.39, 0.29) is 5.97 Å². The van der Waals surface area contributed by atoms with Gasteiger partial charge in [-0.3, -0.25) is 0 Å². The molecule has 3 rings (SSSR count). The van der Waals surface area contributed by atoms with Crippen LogP contribution < -0.4 is 0 Å². The molecular formula is C16H16ClN3O2. The van der Waals surface area contributed by atoms with E-state index in [4.69, 9.17) is 16.3 Å². The molecule has 0 spiro atoms. The minimum Gasteiger partial charge on any atom is -0.465 e. The van der Waals surface area contributed by atoms with Gasteiger partial charge in [0.05, 0.1) is 36.1 Å². The van der Waals surface area contributed by atoms with E-state index in [1.807, 2.05) is 40.6 Å². The number of hydrogen-bond acceptors (Lipinski definition) is 3. The fourth-order valence-corrected chi connectivity index (χ4v) is 2.72. The van der Waals surface area contributed by atoms with Gasteiger partial charge in [-0.1, -0.05) is 0 Å². The summed E-state index contributed by atoms with van der Waals surface area (Å²) in [6, 6.07) is 9.38. The minimum atomic E-state index is -0.360. The summed E-state index contributed by atoms with van der Waals surface area (Å²) in [5.74, 6) is 0.730. The number of nitrogens with zero attached hydrogens (tertiary/aromatic N) is 3. The molecule has 5 nitrogen and oxygen atoms in total. The number of halogens is 1. The highest BCUT2D eigenvalue weighted by atomic mass is 35.5. The van der Waals surface area contributed by atoms with Crippen molar-refractivity contribution in [3.63, 3.8) is 0 Å². The first-order valence-corrected chi connectivity index (χ1v) is 7.41. The second-order valence-electron chi connectivity index (χ2n) is 5.05. The van der Waals surface area contributed by atoms with Crippen LogP contribution in [0.1, 0.15) is 21.9 Å². The largest absolute Gasteiger partial charge is 0.465 e. The van der Waals surface area contributed by atoms with E-state index in [9.17, 15) is 4.79 Å². The summed E-state index contributed by atoms with van der Waals surface area (Å²) in [5, 5.41) is 0. The molecule has 22 heavy (non-hydrogen) atoms. The summed E-state index contributed by atoms with van der Waals surface area (Å²) in [6.07, 6.45) is 1.99. The summed E-state index contributed by atoms with van der Waals surface area (Å²) in [6.45, 7) is 0.646. The summed E-state index contributed by atoms with van der Waals surface area (Å²) in [4.78, 5) is 16.3. The highest BCUT2D eigenvalue weighted by Crippen LogP contribution is 2.21. The molecule has 0 saturated heterocycles. The van der Waals surface area contributed by atoms with Crippen LogP contribution in [0.4, 0.5) is 0 Å². The Morgan fingerprint density at radius 2 is 2.18 bits per heavy atom. The highest BCUT2D eigenvalue weighted by molar-refractivity contribution is 6.16. The van der Waals surface area contributed by atoms with Crippen molar-refractivity contribution in [2.24, 2.45) is 7.05 Å². The number of aryl methyl sites for hydroxylation is 1. The summed E-state index contributed by atoms with van der Waals surface area (Å²) < 4.78 is 8.87. The van der Waals surface area contributed by atoms with Gasteiger partial charge >= 0.3 is 5.97 Å². The molecule has 0 saturated carbocycles. The lowest BCUT2D eigenvalue weighted by molar-refractivity contribution is 0.0601. The second-order valence-corrected chi connectivity index (χ2v) is 5.32. The standard InChI is InChI=1S/C16H16ClN3O2/c1-19-7-3-4-12(19)10-20-14-8-11(16(21)22-2)5-6-13(14)18-15(20)9-17/h3-8H,9-10H2,1-2H3. The molecule has 0 aliphatic carbocycles. The highest BCUT2D eigenvalue weighted by Gasteiger charge is 2.14. The predicted octanol–water partition coefficient (Wildman–Crippen LogP) is 2.95. The van der Waals surface area contributed by atoms with E-state index in [1.165, 1.54) is 7.11 Å². The number of ether oxygens (including phenoxy) is 1. The number of carbonyl (C=O) groups is 1. The maximum absolute atomic E-state index is 11.7. The van der Waals surface area contributed by atoms with Crippen LogP contribution in [0, 0.1) is 0 Å². The minimum absolute atomic E-state index is 0.312. The molecule has 6 heteroatoms. The van der Waals surface area contributed by atoms with Crippen molar-refractivity contribution in [3.8, 4) is 0 Å². The number of imidazole rings is 1. The molecule has 0 fully saturated rings. The number of hydrogen-bond donors (Lipinski definition) is 0. The third kappa shape index (κ3) is 2.48. The number of carbonyl (C=O) groups excluding carboxylic acids is 1. The van der Waals surface area contributed by atoms with Crippen molar-refractivity contribution >= 4 is 28.6 Å². The normalized spacial score (nSPS) is 11.0. The van der Waals surface area contributed by atoms with Gasteiger partial charge in [-0.15, -0.1) is 11.6 Å². The zero-order valence-electron chi connectivity index (χ0n) is 12.4. The number of aromatic nitrogens is 3. The lowest BCUT2D eigenvalue weighted by Gasteiger charge is -2.09. The lowest BCUT2D eigenvalue weighted by Crippen LogP contribution is -2.08. The van der Waals surface area contributed by atoms with Gasteiger partial charge in [-0.25, -0.2) is 9.78 Å². The number of methoxy groups -OCH3 is 1. The molecule has 0 atom stereocenters. The van der Waals surface area contributed by atoms with Crippen LogP contribution in [0.5, 0.6) is 0 Å². The zero-order valence-corrected chi connectivity index (χ0v) is 13.2. The van der Waals surface area contributed by atoms with Gasteiger partial charge in [0.2, 0.25) is 0 Å². The van der Waals surface area contributed by atoms with E-state index in [1.54, 1.807) is 12.1 Å². The van der Waals surface area contributed by atoms with E-state index in [0.29, 0.717) is 18.0 Å². The van der Waals surface area contributed by atoms with Crippen LogP contribution in [0.25, 0.3) is 11.0 Å². The molecule has 1 aromatic carbocycles. The van der Waals surface area contributed by atoms with Crippen molar-refractivity contribution < 1.29 is 9.53 Å². The van der Waals surface area contributed by atoms with Crippen molar-refractivity contribution in [2.45, 2.75) is 12.4 Å². The van der Waals surface area contributed by atoms with Gasteiger partial charge in [-0.2, -0.15) is 0 Å². The molecule has 114 valence electrons. The summed E-state index contributed by atoms with van der Waals surface area (Å²) >= 11 is 6.03. The molecule has 0 bridgehead atoms. The maximum atomic E-state index is 11.7. The first-order valence-electron chi connectivity index (χ1n) is 6.87. The Bertz CT molecular complexity index is 835. The third-order valence-electron chi connectivity index (χ3n) is 3.74. The van der Waals surface area contributed by atoms with Crippen LogP contribution in [-0.4, -0.2) is 27.2 Å². The molecule has 2 heterocycles. The predicted molar refractivity (Wildman–Crippen MR) is 85.1 cm³/mol. The topological polar surface area (TPSA) is 49.0 Å². The first-order chi connectivity index (χ1) is 10.6. The fourth-order valence-electron chi connectivity index (χ4n) is 2.52. The Hall–Kier alpha value is -2.27. The van der Waals surface area contributed by atoms with Crippen molar-refractivity contribution in [3.05, 3.63) is 53.6 Å². The van der Waals surface area contributed by atoms with E-state index < -0.39 is 0 Å². The Kier molecular flexibility index (Phi) is 3.90. The van der Waals surface area contributed by atoms with Gasteiger partial charge in [0.25, 0.3) is 0 Å². The van der Waals surface area contributed by atoms with Crippen LogP contribution >= 0.6 is 11.6 Å². The molecule has 0 amide bonds. The Morgan fingerprint density at radius 3 is 2.82 bits per heavy atom. The maximum Gasteiger partial charge on any atom is 0.337 e. The van der Waals surface area contributed by atoms with E-state index >= 15 is 0 Å². The second kappa shape index (κ2) is 5.85. The SMILES string of the molecule is COC(=O)c1ccc2nc(CCl)n(Cc3cccn3C)c2c1. The van der Waals surface area contributed by atoms with Gasteiger partial charge in [0.1, 0.15) is 5.82 Å². The zero-order chi connectivity index (χ0) is 15.7. The Morgan fingerprint density at radius 1 is 1.36 bits per heavy atom. The fraction of sp³-hybridized carbons (Fsp3) is 0.250. The van der Waals surface area contributed by atoms with Gasteiger partial charge in [0, 0.05) is 18.9 Å². The molecule has 3 aromatic rings. The number of benzene rings is 1. The van der Waals surface area contributed by atoms with E-state index in [0.717, 1.165) is 22.6 Å². The number of rotatable bonds is 4. The van der Waals surface area contributed by atoms with E-state index in [2.05, 4.69) is 4.98 Å². The number of esters is 1. The van der Waals surface area contributed by atoms with Crippen LogP contribution in [0.2, 0.25) is 0 Å². The molecular weight excluding hydrogens is 302 g/mol. The lowest BCUT2D eigenvalue weighted by atomic mass is 10.2. The van der Waals surface area contributed by atoms with Gasteiger partial charge < -0.3 is 13.9 Å². The van der Waals surface area contributed by atoms with Crippen molar-refractivity contribution in [2.75, 3.05) is 7.11 Å². The van der Waals surface area contributed by atoms with Crippen molar-refractivity contribution in [1.29, 1.82) is 0 Å². The molecule has 0 N–H and O–H groups in total. The molecule has 0 aliphatic rings. The van der Waals surface area contributed by atoms with Gasteiger partial charge in [-0.05, 0) is 30.3 Å². The average Bonchev–Trinajstić information content (AvgIpc) is 3.10. The summed E-state index contributed by atoms with van der Waals surface area (Å²) in [7, 11) is 3.37. The molecule has 0 radical (unpaired) electrons. The smallest absolute Gasteiger partial charge is 0.337 e. The molecule has 0 aliphatic heterocycles. The third-order valence-corrected chi connectivity index (χ3v) is 3.98. The van der Waals surface area contributed by atoms with Crippen LogP contribution in [-0.2, 0) is 24.2 Å². The first kappa shape index (κ1) is 14.7. The molecule has 2 aromatic heterocycles. The Labute approximate surface area is 133 Å². The average molecular weight is 318 g/mol. The number of fused-ring (bicyclic) bond motifs is 1. The van der Waals surface area contributed by atoms with Crippen LogP contribution in [0.3, 0.4) is 0 Å². The van der Waals surface area contributed by atoms with Crippen molar-refractivity contribution in [1.82, 2.24) is 14.1 Å². The monoisotopic (exact) mass is 317 g/mol.